The summed E-state index contributed by atoms with van der Waals surface area (Å²) in [5.74, 6) is -0.159. The Hall–Kier alpha value is -2.04. The molecule has 0 saturated carbocycles. The van der Waals surface area contributed by atoms with E-state index in [1.165, 1.54) is 0 Å². The number of esters is 1. The molecule has 1 fully saturated rings. The molecular formula is C14H17NO4. The van der Waals surface area contributed by atoms with Gasteiger partial charge in [-0.25, -0.2) is 0 Å². The number of methoxy groups -OCH3 is 1. The first kappa shape index (κ1) is 13.4. The molecule has 1 aromatic rings. The topological polar surface area (TPSA) is 55.8 Å². The summed E-state index contributed by atoms with van der Waals surface area (Å²) in [5.41, 5.74) is 0.696. The highest BCUT2D eigenvalue weighted by Gasteiger charge is 2.36. The number of carbonyl (C=O) groups is 2. The molecule has 1 amide bonds. The van der Waals surface area contributed by atoms with Crippen molar-refractivity contribution in [3.05, 3.63) is 24.3 Å². The third kappa shape index (κ3) is 2.70. The van der Waals surface area contributed by atoms with Crippen LogP contribution in [0.5, 0.6) is 5.75 Å². The van der Waals surface area contributed by atoms with Crippen LogP contribution in [-0.2, 0) is 14.3 Å². The number of carbonyl (C=O) groups excluding carboxylic acids is 2. The first-order valence-electron chi connectivity index (χ1n) is 6.27. The first-order chi connectivity index (χ1) is 9.17. The molecule has 1 aliphatic rings. The zero-order valence-corrected chi connectivity index (χ0v) is 11.1. The van der Waals surface area contributed by atoms with Gasteiger partial charge in [0.15, 0.2) is 0 Å². The fraction of sp³-hybridized carbons (Fsp3) is 0.429. The van der Waals surface area contributed by atoms with Crippen LogP contribution in [0.4, 0.5) is 5.69 Å². The Bertz CT molecular complexity index is 486. The number of rotatable bonds is 4. The molecule has 1 aliphatic heterocycles. The monoisotopic (exact) mass is 263 g/mol. The zero-order chi connectivity index (χ0) is 13.8. The first-order valence-corrected chi connectivity index (χ1v) is 6.27. The number of para-hydroxylation sites is 2. The maximum Gasteiger partial charge on any atom is 0.311 e. The predicted molar refractivity (Wildman–Crippen MR) is 70.1 cm³/mol. The highest BCUT2D eigenvalue weighted by Crippen LogP contribution is 2.32. The van der Waals surface area contributed by atoms with Crippen molar-refractivity contribution in [3.63, 3.8) is 0 Å². The molecule has 1 heterocycles. The van der Waals surface area contributed by atoms with E-state index < -0.39 is 5.92 Å². The summed E-state index contributed by atoms with van der Waals surface area (Å²) in [6, 6.07) is 7.28. The summed E-state index contributed by atoms with van der Waals surface area (Å²) in [7, 11) is 1.56. The maximum absolute atomic E-state index is 12.0. The second-order valence-electron chi connectivity index (χ2n) is 4.33. The van der Waals surface area contributed by atoms with Gasteiger partial charge in [-0.15, -0.1) is 0 Å². The van der Waals surface area contributed by atoms with E-state index in [0.29, 0.717) is 24.6 Å². The van der Waals surface area contributed by atoms with E-state index in [9.17, 15) is 9.59 Å². The fourth-order valence-corrected chi connectivity index (χ4v) is 2.21. The van der Waals surface area contributed by atoms with Crippen molar-refractivity contribution in [2.24, 2.45) is 5.92 Å². The maximum atomic E-state index is 12.0. The minimum atomic E-state index is -0.391. The summed E-state index contributed by atoms with van der Waals surface area (Å²) < 4.78 is 10.2. The van der Waals surface area contributed by atoms with Gasteiger partial charge in [-0.3, -0.25) is 9.59 Å². The van der Waals surface area contributed by atoms with Gasteiger partial charge in [0.2, 0.25) is 5.91 Å². The number of amides is 1. The Morgan fingerprint density at radius 3 is 2.84 bits per heavy atom. The van der Waals surface area contributed by atoms with Gasteiger partial charge in [0, 0.05) is 13.0 Å². The smallest absolute Gasteiger partial charge is 0.311 e. The molecule has 5 nitrogen and oxygen atoms in total. The van der Waals surface area contributed by atoms with Gasteiger partial charge in [-0.05, 0) is 19.1 Å². The molecule has 1 atom stereocenters. The molecule has 0 bridgehead atoms. The van der Waals surface area contributed by atoms with Crippen molar-refractivity contribution in [2.45, 2.75) is 13.3 Å². The average Bonchev–Trinajstić information content (AvgIpc) is 2.81. The fourth-order valence-electron chi connectivity index (χ4n) is 2.21. The van der Waals surface area contributed by atoms with Crippen molar-refractivity contribution in [2.75, 3.05) is 25.2 Å². The Morgan fingerprint density at radius 1 is 1.42 bits per heavy atom. The molecule has 0 aromatic heterocycles. The third-order valence-electron chi connectivity index (χ3n) is 3.12. The minimum Gasteiger partial charge on any atom is -0.495 e. The van der Waals surface area contributed by atoms with Gasteiger partial charge in [-0.1, -0.05) is 12.1 Å². The Morgan fingerprint density at radius 2 is 2.16 bits per heavy atom. The summed E-state index contributed by atoms with van der Waals surface area (Å²) in [4.78, 5) is 25.3. The van der Waals surface area contributed by atoms with E-state index in [4.69, 9.17) is 9.47 Å². The lowest BCUT2D eigenvalue weighted by atomic mass is 10.1. The van der Waals surface area contributed by atoms with Crippen LogP contribution in [0.3, 0.4) is 0 Å². The normalized spacial score (nSPS) is 18.5. The number of ether oxygens (including phenoxy) is 2. The number of hydrogen-bond donors (Lipinski definition) is 0. The lowest BCUT2D eigenvalue weighted by Gasteiger charge is -2.19. The molecule has 1 aromatic carbocycles. The van der Waals surface area contributed by atoms with Gasteiger partial charge in [0.25, 0.3) is 0 Å². The molecule has 1 saturated heterocycles. The van der Waals surface area contributed by atoms with E-state index in [1.807, 2.05) is 18.2 Å². The molecule has 102 valence electrons. The summed E-state index contributed by atoms with van der Waals surface area (Å²) in [5, 5.41) is 0. The van der Waals surface area contributed by atoms with E-state index in [0.717, 1.165) is 0 Å². The molecule has 0 unspecified atom stereocenters. The van der Waals surface area contributed by atoms with Gasteiger partial charge < -0.3 is 14.4 Å². The number of anilines is 1. The summed E-state index contributed by atoms with van der Waals surface area (Å²) >= 11 is 0. The molecular weight excluding hydrogens is 246 g/mol. The predicted octanol–water partition coefficient (Wildman–Crippen LogP) is 1.61. The lowest BCUT2D eigenvalue weighted by molar-refractivity contribution is -0.147. The van der Waals surface area contributed by atoms with E-state index >= 15 is 0 Å². The van der Waals surface area contributed by atoms with Crippen LogP contribution in [-0.4, -0.2) is 32.1 Å². The minimum absolute atomic E-state index is 0.0810. The molecule has 0 aliphatic carbocycles. The summed E-state index contributed by atoms with van der Waals surface area (Å²) in [6.45, 7) is 2.43. The Labute approximate surface area is 112 Å². The van der Waals surface area contributed by atoms with Crippen molar-refractivity contribution >= 4 is 17.6 Å². The van der Waals surface area contributed by atoms with Crippen LogP contribution in [0, 0.1) is 5.92 Å². The van der Waals surface area contributed by atoms with E-state index in [-0.39, 0.29) is 18.3 Å². The second-order valence-corrected chi connectivity index (χ2v) is 4.33. The molecule has 0 radical (unpaired) electrons. The lowest BCUT2D eigenvalue weighted by Crippen LogP contribution is -2.26. The van der Waals surface area contributed by atoms with Crippen LogP contribution < -0.4 is 9.64 Å². The quantitative estimate of drug-likeness (QED) is 0.774. The van der Waals surface area contributed by atoms with Gasteiger partial charge in [0.1, 0.15) is 5.75 Å². The molecule has 5 heteroatoms. The molecule has 0 N–H and O–H groups in total. The Kier molecular flexibility index (Phi) is 4.04. The molecule has 0 spiro atoms. The van der Waals surface area contributed by atoms with E-state index in [1.54, 1.807) is 25.0 Å². The highest BCUT2D eigenvalue weighted by molar-refractivity contribution is 6.00. The van der Waals surface area contributed by atoms with Gasteiger partial charge >= 0.3 is 5.97 Å². The third-order valence-corrected chi connectivity index (χ3v) is 3.12. The van der Waals surface area contributed by atoms with Crippen LogP contribution in [0.2, 0.25) is 0 Å². The van der Waals surface area contributed by atoms with Crippen LogP contribution in [0.25, 0.3) is 0 Å². The SMILES string of the molecule is CCOC(=O)[C@@H]1CC(=O)N(c2ccccc2OC)C1. The highest BCUT2D eigenvalue weighted by atomic mass is 16.5. The van der Waals surface area contributed by atoms with Gasteiger partial charge in [0.05, 0.1) is 25.3 Å². The van der Waals surface area contributed by atoms with Crippen molar-refractivity contribution in [1.29, 1.82) is 0 Å². The second kappa shape index (κ2) is 5.73. The standard InChI is InChI=1S/C14H17NO4/c1-3-19-14(17)10-8-13(16)15(9-10)11-6-4-5-7-12(11)18-2/h4-7,10H,3,8-9H2,1-2H3/t10-/m1/s1. The molecule has 2 rings (SSSR count). The number of benzene rings is 1. The zero-order valence-electron chi connectivity index (χ0n) is 11.1. The van der Waals surface area contributed by atoms with Crippen LogP contribution in [0.15, 0.2) is 24.3 Å². The summed E-state index contributed by atoms with van der Waals surface area (Å²) in [6.07, 6.45) is 0.191. The number of nitrogens with zero attached hydrogens (tertiary/aromatic N) is 1. The van der Waals surface area contributed by atoms with Crippen molar-refractivity contribution in [3.8, 4) is 5.75 Å². The number of hydrogen-bond acceptors (Lipinski definition) is 4. The molecule has 19 heavy (non-hydrogen) atoms. The van der Waals surface area contributed by atoms with Crippen LogP contribution in [0.1, 0.15) is 13.3 Å². The van der Waals surface area contributed by atoms with Gasteiger partial charge in [-0.2, -0.15) is 0 Å². The Balaban J connectivity index is 2.18. The van der Waals surface area contributed by atoms with Crippen molar-refractivity contribution < 1.29 is 19.1 Å². The largest absolute Gasteiger partial charge is 0.495 e. The van der Waals surface area contributed by atoms with Crippen molar-refractivity contribution in [1.82, 2.24) is 0 Å². The van der Waals surface area contributed by atoms with Crippen LogP contribution >= 0.6 is 0 Å². The van der Waals surface area contributed by atoms with E-state index in [2.05, 4.69) is 0 Å². The average molecular weight is 263 g/mol.